The molecule has 0 bridgehead atoms. The Morgan fingerprint density at radius 1 is 1.07 bits per heavy atom. The predicted octanol–water partition coefficient (Wildman–Crippen LogP) is 4.37. The first-order valence-electron chi connectivity index (χ1n) is 10.4. The third kappa shape index (κ3) is 7.17. The fourth-order valence-electron chi connectivity index (χ4n) is 3.08. The number of hydrogen-bond acceptors (Lipinski definition) is 3. The zero-order chi connectivity index (χ0) is 22.1. The van der Waals surface area contributed by atoms with Crippen LogP contribution >= 0.6 is 15.9 Å². The van der Waals surface area contributed by atoms with Gasteiger partial charge in [0.15, 0.2) is 6.61 Å². The van der Waals surface area contributed by atoms with Crippen molar-refractivity contribution in [1.29, 1.82) is 0 Å². The van der Waals surface area contributed by atoms with Crippen LogP contribution in [0, 0.1) is 0 Å². The van der Waals surface area contributed by atoms with E-state index >= 15 is 0 Å². The number of nitrogens with one attached hydrogen (secondary N) is 1. The molecular formula is C24H31BrN2O3. The summed E-state index contributed by atoms with van der Waals surface area (Å²) in [5, 5.41) is 2.89. The molecule has 2 rings (SSSR count). The molecule has 2 aromatic carbocycles. The first kappa shape index (κ1) is 23.9. The second kappa shape index (κ2) is 11.7. The highest BCUT2D eigenvalue weighted by atomic mass is 79.9. The summed E-state index contributed by atoms with van der Waals surface area (Å²) in [5.41, 5.74) is 2.30. The molecule has 0 saturated carbocycles. The molecule has 162 valence electrons. The van der Waals surface area contributed by atoms with Crippen LogP contribution in [0.15, 0.2) is 53.0 Å². The topological polar surface area (TPSA) is 58.6 Å². The van der Waals surface area contributed by atoms with Gasteiger partial charge < -0.3 is 15.0 Å². The van der Waals surface area contributed by atoms with E-state index in [9.17, 15) is 9.59 Å². The van der Waals surface area contributed by atoms with E-state index in [4.69, 9.17) is 4.74 Å². The Morgan fingerprint density at radius 2 is 1.77 bits per heavy atom. The van der Waals surface area contributed by atoms with Crippen molar-refractivity contribution in [3.05, 3.63) is 64.1 Å². The number of halogens is 1. The number of aryl methyl sites for hydroxylation is 1. The Hall–Kier alpha value is -2.34. The molecule has 0 heterocycles. The number of nitrogens with zero attached hydrogens (tertiary/aromatic N) is 1. The Kier molecular flexibility index (Phi) is 9.37. The van der Waals surface area contributed by atoms with Gasteiger partial charge in [-0.1, -0.05) is 43.3 Å². The lowest BCUT2D eigenvalue weighted by Crippen LogP contribution is -2.51. The van der Waals surface area contributed by atoms with Gasteiger partial charge in [0, 0.05) is 12.6 Å². The number of hydrogen-bond donors (Lipinski definition) is 1. The highest BCUT2D eigenvalue weighted by Crippen LogP contribution is 2.26. The van der Waals surface area contributed by atoms with Gasteiger partial charge in [-0.15, -0.1) is 0 Å². The van der Waals surface area contributed by atoms with Crippen molar-refractivity contribution in [3.63, 3.8) is 0 Å². The monoisotopic (exact) mass is 474 g/mol. The summed E-state index contributed by atoms with van der Waals surface area (Å²) >= 11 is 3.50. The smallest absolute Gasteiger partial charge is 0.261 e. The predicted molar refractivity (Wildman–Crippen MR) is 124 cm³/mol. The molecule has 6 heteroatoms. The van der Waals surface area contributed by atoms with Gasteiger partial charge in [-0.3, -0.25) is 9.59 Å². The summed E-state index contributed by atoms with van der Waals surface area (Å²) in [6, 6.07) is 15.2. The Bertz CT molecular complexity index is 840. The van der Waals surface area contributed by atoms with Crippen molar-refractivity contribution >= 4 is 27.7 Å². The molecule has 5 nitrogen and oxygen atoms in total. The van der Waals surface area contributed by atoms with Crippen LogP contribution in [-0.2, 0) is 22.4 Å². The standard InChI is InChI=1S/C24H31BrN2O3/c1-5-19-11-12-22(21(25)15-19)30-16-23(28)27(18(4)24(29)26-17(2)3)14-13-20-9-7-6-8-10-20/h6-12,15,17-18H,5,13-14,16H2,1-4H3,(H,26,29). The molecule has 2 aromatic rings. The largest absolute Gasteiger partial charge is 0.483 e. The van der Waals surface area contributed by atoms with E-state index < -0.39 is 6.04 Å². The molecule has 2 amide bonds. The van der Waals surface area contributed by atoms with Crippen molar-refractivity contribution in [1.82, 2.24) is 10.2 Å². The van der Waals surface area contributed by atoms with Crippen LogP contribution in [0.2, 0.25) is 0 Å². The maximum atomic E-state index is 13.0. The average Bonchev–Trinajstić information content (AvgIpc) is 2.73. The SMILES string of the molecule is CCc1ccc(OCC(=O)N(CCc2ccccc2)C(C)C(=O)NC(C)C)c(Br)c1. The summed E-state index contributed by atoms with van der Waals surface area (Å²) in [6.45, 7) is 7.96. The van der Waals surface area contributed by atoms with E-state index in [0.717, 1.165) is 16.5 Å². The zero-order valence-corrected chi connectivity index (χ0v) is 19.7. The fraction of sp³-hybridized carbons (Fsp3) is 0.417. The van der Waals surface area contributed by atoms with Gasteiger partial charge in [-0.2, -0.15) is 0 Å². The van der Waals surface area contributed by atoms with E-state index in [0.29, 0.717) is 18.7 Å². The van der Waals surface area contributed by atoms with Crippen LogP contribution in [-0.4, -0.2) is 41.9 Å². The van der Waals surface area contributed by atoms with Gasteiger partial charge in [0.2, 0.25) is 5.91 Å². The van der Waals surface area contributed by atoms with E-state index in [1.54, 1.807) is 11.8 Å². The van der Waals surface area contributed by atoms with Crippen molar-refractivity contribution in [2.75, 3.05) is 13.2 Å². The van der Waals surface area contributed by atoms with Gasteiger partial charge in [0.25, 0.3) is 5.91 Å². The molecule has 0 aliphatic rings. The second-order valence-electron chi connectivity index (χ2n) is 7.57. The molecule has 0 spiro atoms. The molecule has 1 unspecified atom stereocenters. The zero-order valence-electron chi connectivity index (χ0n) is 18.2. The van der Waals surface area contributed by atoms with Crippen molar-refractivity contribution < 1.29 is 14.3 Å². The third-order valence-electron chi connectivity index (χ3n) is 4.84. The van der Waals surface area contributed by atoms with Crippen molar-refractivity contribution in [2.24, 2.45) is 0 Å². The summed E-state index contributed by atoms with van der Waals surface area (Å²) in [5.74, 6) is 0.228. The van der Waals surface area contributed by atoms with Crippen LogP contribution in [0.4, 0.5) is 0 Å². The molecule has 1 atom stereocenters. The lowest BCUT2D eigenvalue weighted by atomic mass is 10.1. The molecule has 0 radical (unpaired) electrons. The molecule has 0 aliphatic carbocycles. The molecule has 30 heavy (non-hydrogen) atoms. The number of carbonyl (C=O) groups is 2. The van der Waals surface area contributed by atoms with Gasteiger partial charge in [0.1, 0.15) is 11.8 Å². The van der Waals surface area contributed by atoms with Crippen LogP contribution < -0.4 is 10.1 Å². The molecule has 0 aliphatic heterocycles. The highest BCUT2D eigenvalue weighted by molar-refractivity contribution is 9.10. The first-order chi connectivity index (χ1) is 14.3. The van der Waals surface area contributed by atoms with Gasteiger partial charge in [-0.25, -0.2) is 0 Å². The maximum absolute atomic E-state index is 13.0. The second-order valence-corrected chi connectivity index (χ2v) is 8.42. The number of benzene rings is 2. The molecule has 0 aromatic heterocycles. The van der Waals surface area contributed by atoms with Crippen LogP contribution in [0.25, 0.3) is 0 Å². The van der Waals surface area contributed by atoms with E-state index in [-0.39, 0.29) is 24.5 Å². The summed E-state index contributed by atoms with van der Waals surface area (Å²) in [4.78, 5) is 27.2. The average molecular weight is 475 g/mol. The normalized spacial score (nSPS) is 11.8. The number of ether oxygens (including phenoxy) is 1. The molecule has 0 fully saturated rings. The number of rotatable bonds is 10. The maximum Gasteiger partial charge on any atom is 0.261 e. The van der Waals surface area contributed by atoms with Crippen LogP contribution in [0.5, 0.6) is 5.75 Å². The summed E-state index contributed by atoms with van der Waals surface area (Å²) in [6.07, 6.45) is 1.59. The minimum atomic E-state index is -0.585. The Labute approximate surface area is 187 Å². The van der Waals surface area contributed by atoms with Crippen LogP contribution in [0.1, 0.15) is 38.8 Å². The van der Waals surface area contributed by atoms with Gasteiger partial charge in [-0.05, 0) is 72.8 Å². The lowest BCUT2D eigenvalue weighted by Gasteiger charge is -2.29. The quantitative estimate of drug-likeness (QED) is 0.555. The van der Waals surface area contributed by atoms with Gasteiger partial charge in [0.05, 0.1) is 4.47 Å². The number of carbonyl (C=O) groups excluding carboxylic acids is 2. The van der Waals surface area contributed by atoms with E-state index in [1.807, 2.05) is 62.4 Å². The van der Waals surface area contributed by atoms with E-state index in [1.165, 1.54) is 5.56 Å². The van der Waals surface area contributed by atoms with Crippen molar-refractivity contribution in [3.8, 4) is 5.75 Å². The summed E-state index contributed by atoms with van der Waals surface area (Å²) < 4.78 is 6.59. The third-order valence-corrected chi connectivity index (χ3v) is 5.46. The van der Waals surface area contributed by atoms with Crippen LogP contribution in [0.3, 0.4) is 0 Å². The number of amides is 2. The van der Waals surface area contributed by atoms with Gasteiger partial charge >= 0.3 is 0 Å². The lowest BCUT2D eigenvalue weighted by molar-refractivity contribution is -0.141. The van der Waals surface area contributed by atoms with E-state index in [2.05, 4.69) is 28.2 Å². The first-order valence-corrected chi connectivity index (χ1v) is 11.2. The van der Waals surface area contributed by atoms with Crippen molar-refractivity contribution in [2.45, 2.75) is 52.6 Å². The summed E-state index contributed by atoms with van der Waals surface area (Å²) in [7, 11) is 0. The fourth-order valence-corrected chi connectivity index (χ4v) is 3.62. The Balaban J connectivity index is 2.09. The Morgan fingerprint density at radius 3 is 2.37 bits per heavy atom. The molecule has 1 N–H and O–H groups in total. The molecular weight excluding hydrogens is 444 g/mol. The highest BCUT2D eigenvalue weighted by Gasteiger charge is 2.26. The minimum Gasteiger partial charge on any atom is -0.483 e. The minimum absolute atomic E-state index is 0.00955. The molecule has 0 saturated heterocycles.